The number of hydrogen-bond acceptors (Lipinski definition) is 1. The van der Waals surface area contributed by atoms with Crippen LogP contribution in [0, 0.1) is 0 Å². The molecule has 0 aliphatic rings. The number of hydrogen-bond donors (Lipinski definition) is 0. The molecule has 0 bridgehead atoms. The van der Waals surface area contributed by atoms with Gasteiger partial charge in [-0.15, -0.1) is 0 Å². The summed E-state index contributed by atoms with van der Waals surface area (Å²) in [5, 5.41) is 0. The SMILES string of the molecule is O=C(F)C(F)(F)C(F)(F)F.[NaH]. The molecule has 0 aromatic heterocycles. The van der Waals surface area contributed by atoms with Gasteiger partial charge in [0.15, 0.2) is 0 Å². The second-order valence-corrected chi connectivity index (χ2v) is 1.35. The van der Waals surface area contributed by atoms with Crippen LogP contribution in [0.25, 0.3) is 0 Å². The third kappa shape index (κ3) is 3.00. The van der Waals surface area contributed by atoms with Gasteiger partial charge < -0.3 is 0 Å². The van der Waals surface area contributed by atoms with E-state index in [9.17, 15) is 26.3 Å². The van der Waals surface area contributed by atoms with Gasteiger partial charge >= 0.3 is 47.7 Å². The van der Waals surface area contributed by atoms with Crippen molar-refractivity contribution in [3.05, 3.63) is 0 Å². The van der Waals surface area contributed by atoms with Gasteiger partial charge in [0, 0.05) is 0 Å². The molecule has 0 aliphatic heterocycles. The van der Waals surface area contributed by atoms with Crippen molar-refractivity contribution in [3.8, 4) is 0 Å². The topological polar surface area (TPSA) is 17.1 Å². The van der Waals surface area contributed by atoms with Crippen LogP contribution >= 0.6 is 0 Å². The van der Waals surface area contributed by atoms with Gasteiger partial charge in [-0.3, -0.25) is 4.79 Å². The fraction of sp³-hybridized carbons (Fsp3) is 0.667. The first-order valence-corrected chi connectivity index (χ1v) is 1.84. The van der Waals surface area contributed by atoms with E-state index in [4.69, 9.17) is 4.79 Å². The maximum atomic E-state index is 11.2. The molecular formula is C3HF6NaO. The van der Waals surface area contributed by atoms with Crippen molar-refractivity contribution in [1.82, 2.24) is 0 Å². The van der Waals surface area contributed by atoms with Crippen LogP contribution in [0.15, 0.2) is 0 Å². The van der Waals surface area contributed by atoms with Gasteiger partial charge in [-0.05, 0) is 0 Å². The van der Waals surface area contributed by atoms with E-state index >= 15 is 0 Å². The Morgan fingerprint density at radius 2 is 1.27 bits per heavy atom. The Kier molecular flexibility index (Phi) is 4.74. The molecule has 0 unspecified atom stereocenters. The molecule has 11 heavy (non-hydrogen) atoms. The first-order valence-electron chi connectivity index (χ1n) is 1.84. The second-order valence-electron chi connectivity index (χ2n) is 1.35. The zero-order valence-electron chi connectivity index (χ0n) is 4.18. The third-order valence-corrected chi connectivity index (χ3v) is 0.603. The van der Waals surface area contributed by atoms with Gasteiger partial charge in [0.2, 0.25) is 0 Å². The van der Waals surface area contributed by atoms with Gasteiger partial charge in [0.05, 0.1) is 0 Å². The number of carbonyl (C=O) groups is 1. The molecule has 1 nitrogen and oxygen atoms in total. The molecule has 0 heterocycles. The molecule has 0 radical (unpaired) electrons. The van der Waals surface area contributed by atoms with Crippen LogP contribution in [0.5, 0.6) is 0 Å². The monoisotopic (exact) mass is 190 g/mol. The zero-order valence-corrected chi connectivity index (χ0v) is 4.18. The van der Waals surface area contributed by atoms with Gasteiger partial charge in [0.25, 0.3) is 0 Å². The van der Waals surface area contributed by atoms with E-state index < -0.39 is 18.1 Å². The fourth-order valence-electron chi connectivity index (χ4n) is 0.111. The van der Waals surface area contributed by atoms with Crippen molar-refractivity contribution in [3.63, 3.8) is 0 Å². The van der Waals surface area contributed by atoms with E-state index in [1.54, 1.807) is 0 Å². The van der Waals surface area contributed by atoms with Crippen molar-refractivity contribution < 1.29 is 31.1 Å². The summed E-state index contributed by atoms with van der Waals surface area (Å²) in [7, 11) is 0. The molecule has 0 amide bonds. The number of rotatable bonds is 1. The minimum absolute atomic E-state index is 0. The van der Waals surface area contributed by atoms with Crippen molar-refractivity contribution in [1.29, 1.82) is 0 Å². The number of halogens is 6. The van der Waals surface area contributed by atoms with E-state index in [-0.39, 0.29) is 29.6 Å². The Morgan fingerprint density at radius 1 is 1.00 bits per heavy atom. The third-order valence-electron chi connectivity index (χ3n) is 0.603. The summed E-state index contributed by atoms with van der Waals surface area (Å²) in [5.74, 6) is -5.87. The van der Waals surface area contributed by atoms with E-state index in [1.165, 1.54) is 0 Å². The Morgan fingerprint density at radius 3 is 1.27 bits per heavy atom. The van der Waals surface area contributed by atoms with E-state index in [2.05, 4.69) is 0 Å². The molecule has 0 aromatic rings. The van der Waals surface area contributed by atoms with Crippen LogP contribution in [0.2, 0.25) is 0 Å². The Bertz CT molecular complexity index is 150. The van der Waals surface area contributed by atoms with E-state index in [0.717, 1.165) is 0 Å². The van der Waals surface area contributed by atoms with Crippen LogP contribution in [-0.2, 0) is 4.79 Å². The Labute approximate surface area is 79.0 Å². The van der Waals surface area contributed by atoms with Crippen molar-refractivity contribution in [2.75, 3.05) is 0 Å². The molecule has 0 fully saturated rings. The van der Waals surface area contributed by atoms with Gasteiger partial charge in [-0.1, -0.05) is 0 Å². The van der Waals surface area contributed by atoms with Crippen molar-refractivity contribution >= 4 is 35.6 Å². The molecule has 0 spiro atoms. The minimum atomic E-state index is -6.14. The molecule has 8 heteroatoms. The Hall–Kier alpha value is 0.250. The van der Waals surface area contributed by atoms with Crippen LogP contribution < -0.4 is 0 Å². The molecule has 0 rings (SSSR count). The van der Waals surface area contributed by atoms with Crippen LogP contribution in [0.4, 0.5) is 26.3 Å². The first-order chi connectivity index (χ1) is 4.19. The molecule has 0 aliphatic carbocycles. The van der Waals surface area contributed by atoms with E-state index in [0.29, 0.717) is 0 Å². The van der Waals surface area contributed by atoms with E-state index in [1.807, 2.05) is 0 Å². The van der Waals surface area contributed by atoms with Crippen LogP contribution in [-0.4, -0.2) is 47.7 Å². The number of alkyl halides is 5. The average molecular weight is 190 g/mol. The summed E-state index contributed by atoms with van der Waals surface area (Å²) < 4.78 is 65.9. The number of carbonyl (C=O) groups excluding carboxylic acids is 1. The first kappa shape index (κ1) is 13.8. The van der Waals surface area contributed by atoms with Crippen LogP contribution in [0.3, 0.4) is 0 Å². The second kappa shape index (κ2) is 3.77. The summed E-state index contributed by atoms with van der Waals surface area (Å²) in [4.78, 5) is 8.98. The fourth-order valence-corrected chi connectivity index (χ4v) is 0.111. The summed E-state index contributed by atoms with van der Waals surface area (Å²) in [6, 6.07) is -3.69. The average Bonchev–Trinajstić information content (AvgIpc) is 1.62. The quantitative estimate of drug-likeness (QED) is 0.343. The summed E-state index contributed by atoms with van der Waals surface area (Å²) >= 11 is 0. The predicted octanol–water partition coefficient (Wildman–Crippen LogP) is 1.03. The van der Waals surface area contributed by atoms with Crippen LogP contribution in [0.1, 0.15) is 0 Å². The molecule has 0 atom stereocenters. The molecular weight excluding hydrogens is 189 g/mol. The summed E-state index contributed by atoms with van der Waals surface area (Å²) in [5.41, 5.74) is 0. The molecule has 62 valence electrons. The van der Waals surface area contributed by atoms with Gasteiger partial charge in [0.1, 0.15) is 0 Å². The standard InChI is InChI=1S/C3F6O.Na.H/c4-1(10)2(5,6)3(7,8)9;;. The zero-order chi connectivity index (χ0) is 8.58. The normalized spacial score (nSPS) is 12.2. The molecule has 0 saturated heterocycles. The molecule has 0 N–H and O–H groups in total. The summed E-state index contributed by atoms with van der Waals surface area (Å²) in [6.07, 6.45) is -6.14. The summed E-state index contributed by atoms with van der Waals surface area (Å²) in [6.45, 7) is 0. The Balaban J connectivity index is 0. The predicted molar refractivity (Wildman–Crippen MR) is 24.3 cm³/mol. The van der Waals surface area contributed by atoms with Gasteiger partial charge in [-0.25, -0.2) is 0 Å². The maximum absolute atomic E-state index is 11.2. The van der Waals surface area contributed by atoms with Crippen molar-refractivity contribution in [2.24, 2.45) is 0 Å². The molecule has 0 saturated carbocycles. The molecule has 0 aromatic carbocycles. The van der Waals surface area contributed by atoms with Crippen molar-refractivity contribution in [2.45, 2.75) is 12.1 Å². The van der Waals surface area contributed by atoms with Gasteiger partial charge in [-0.2, -0.15) is 26.3 Å².